The number of para-hydroxylation sites is 6. The van der Waals surface area contributed by atoms with Gasteiger partial charge >= 0.3 is 0 Å². The number of aromatic nitrogens is 3. The van der Waals surface area contributed by atoms with Gasteiger partial charge in [0.15, 0.2) is 5.58 Å². The number of nitrogens with zero attached hydrogens (tertiary/aromatic N) is 3. The lowest BCUT2D eigenvalue weighted by molar-refractivity contribution is 0.666. The van der Waals surface area contributed by atoms with Gasteiger partial charge in [0.1, 0.15) is 5.58 Å². The molecule has 58 heavy (non-hydrogen) atoms. The molecule has 0 radical (unpaired) electrons. The highest BCUT2D eigenvalue weighted by molar-refractivity contribution is 6.19. The zero-order chi connectivity index (χ0) is 37.9. The molecule has 4 heteroatoms. The van der Waals surface area contributed by atoms with E-state index in [9.17, 15) is 0 Å². The van der Waals surface area contributed by atoms with E-state index < -0.39 is 0 Å². The van der Waals surface area contributed by atoms with E-state index in [-0.39, 0.29) is 0 Å². The van der Waals surface area contributed by atoms with Crippen molar-refractivity contribution in [3.8, 4) is 28.2 Å². The average molecular weight is 740 g/mol. The van der Waals surface area contributed by atoms with Crippen molar-refractivity contribution in [2.75, 3.05) is 0 Å². The van der Waals surface area contributed by atoms with Crippen molar-refractivity contribution in [1.29, 1.82) is 0 Å². The quantitative estimate of drug-likeness (QED) is 0.177. The molecule has 0 unspecified atom stereocenters. The number of hydrogen-bond donors (Lipinski definition) is 0. The summed E-state index contributed by atoms with van der Waals surface area (Å²) in [4.78, 5) is 0. The van der Waals surface area contributed by atoms with Gasteiger partial charge in [0, 0.05) is 48.8 Å². The third-order valence-electron chi connectivity index (χ3n) is 12.2. The van der Waals surface area contributed by atoms with Crippen molar-refractivity contribution < 1.29 is 4.42 Å². The Balaban J connectivity index is 1.04. The van der Waals surface area contributed by atoms with Crippen molar-refractivity contribution in [2.45, 2.75) is 0 Å². The van der Waals surface area contributed by atoms with Crippen LogP contribution in [0.15, 0.2) is 205 Å². The van der Waals surface area contributed by atoms with Crippen LogP contribution in [0.2, 0.25) is 0 Å². The van der Waals surface area contributed by atoms with Crippen LogP contribution in [0, 0.1) is 0 Å². The summed E-state index contributed by atoms with van der Waals surface area (Å²) >= 11 is 0. The summed E-state index contributed by atoms with van der Waals surface area (Å²) in [6.45, 7) is 0. The highest BCUT2D eigenvalue weighted by atomic mass is 16.3. The van der Waals surface area contributed by atoms with Gasteiger partial charge in [-0.25, -0.2) is 0 Å². The molecule has 270 valence electrons. The van der Waals surface area contributed by atoms with Gasteiger partial charge in [-0.1, -0.05) is 127 Å². The molecular weight excluding hydrogens is 707 g/mol. The maximum absolute atomic E-state index is 6.87. The van der Waals surface area contributed by atoms with Gasteiger partial charge < -0.3 is 18.1 Å². The minimum Gasteiger partial charge on any atom is -0.454 e. The summed E-state index contributed by atoms with van der Waals surface area (Å²) in [7, 11) is 0. The second kappa shape index (κ2) is 11.8. The van der Waals surface area contributed by atoms with Crippen LogP contribution in [0.4, 0.5) is 0 Å². The van der Waals surface area contributed by atoms with Crippen LogP contribution in [-0.2, 0) is 0 Å². The Morgan fingerprint density at radius 3 is 1.55 bits per heavy atom. The Labute approximate surface area is 332 Å². The number of benzene rings is 9. The second-order valence-electron chi connectivity index (χ2n) is 15.2. The van der Waals surface area contributed by atoms with Gasteiger partial charge in [-0.2, -0.15) is 0 Å². The molecule has 0 aliphatic rings. The molecule has 0 atom stereocenters. The van der Waals surface area contributed by atoms with Crippen molar-refractivity contribution >= 4 is 87.4 Å². The molecule has 0 aliphatic heterocycles. The minimum absolute atomic E-state index is 0.879. The summed E-state index contributed by atoms with van der Waals surface area (Å²) in [5.74, 6) is 0. The van der Waals surface area contributed by atoms with E-state index in [4.69, 9.17) is 4.42 Å². The van der Waals surface area contributed by atoms with E-state index in [1.807, 2.05) is 0 Å². The fraction of sp³-hybridized carbons (Fsp3) is 0. The summed E-state index contributed by atoms with van der Waals surface area (Å²) < 4.78 is 14.1. The highest BCUT2D eigenvalue weighted by Crippen LogP contribution is 2.44. The Bertz CT molecular complexity index is 3750. The third-order valence-corrected chi connectivity index (χ3v) is 12.2. The Hall–Kier alpha value is -7.82. The topological polar surface area (TPSA) is 27.9 Å². The van der Waals surface area contributed by atoms with E-state index in [0.29, 0.717) is 0 Å². The summed E-state index contributed by atoms with van der Waals surface area (Å²) in [5, 5.41) is 9.61. The van der Waals surface area contributed by atoms with Crippen LogP contribution in [0.1, 0.15) is 0 Å². The van der Waals surface area contributed by atoms with Crippen LogP contribution >= 0.6 is 0 Å². The lowest BCUT2D eigenvalue weighted by Crippen LogP contribution is -1.96. The fourth-order valence-electron chi connectivity index (χ4n) is 9.87. The predicted molar refractivity (Wildman–Crippen MR) is 242 cm³/mol. The first-order valence-electron chi connectivity index (χ1n) is 19.9. The molecule has 13 aromatic rings. The van der Waals surface area contributed by atoms with Gasteiger partial charge in [-0.05, 0) is 83.9 Å². The molecule has 4 heterocycles. The van der Waals surface area contributed by atoms with Crippen molar-refractivity contribution in [3.05, 3.63) is 200 Å². The van der Waals surface area contributed by atoms with Crippen molar-refractivity contribution in [3.63, 3.8) is 0 Å². The van der Waals surface area contributed by atoms with Crippen LogP contribution in [0.3, 0.4) is 0 Å². The monoisotopic (exact) mass is 739 g/mol. The molecule has 0 aliphatic carbocycles. The lowest BCUT2D eigenvalue weighted by atomic mass is 9.97. The molecule has 9 aromatic carbocycles. The Morgan fingerprint density at radius 1 is 0.310 bits per heavy atom. The average Bonchev–Trinajstić information content (AvgIpc) is 4.03. The first-order valence-corrected chi connectivity index (χ1v) is 19.9. The van der Waals surface area contributed by atoms with E-state index in [2.05, 4.69) is 214 Å². The third kappa shape index (κ3) is 4.23. The fourth-order valence-corrected chi connectivity index (χ4v) is 9.87. The van der Waals surface area contributed by atoms with Gasteiger partial charge in [0.25, 0.3) is 0 Å². The summed E-state index contributed by atoms with van der Waals surface area (Å²) in [6.07, 6.45) is 0. The van der Waals surface area contributed by atoms with E-state index in [0.717, 1.165) is 44.4 Å². The molecule has 0 saturated heterocycles. The van der Waals surface area contributed by atoms with Crippen LogP contribution < -0.4 is 0 Å². The predicted octanol–water partition coefficient (Wildman–Crippen LogP) is 14.5. The maximum atomic E-state index is 6.87. The zero-order valence-electron chi connectivity index (χ0n) is 31.3. The minimum atomic E-state index is 0.879. The van der Waals surface area contributed by atoms with Crippen molar-refractivity contribution in [2.24, 2.45) is 0 Å². The highest BCUT2D eigenvalue weighted by Gasteiger charge is 2.22. The molecular formula is C54H33N3O. The number of hydrogen-bond acceptors (Lipinski definition) is 1. The molecule has 0 bridgehead atoms. The number of furan rings is 1. The Morgan fingerprint density at radius 2 is 0.828 bits per heavy atom. The first kappa shape index (κ1) is 31.4. The van der Waals surface area contributed by atoms with Gasteiger partial charge in [0.2, 0.25) is 0 Å². The molecule has 0 spiro atoms. The van der Waals surface area contributed by atoms with Crippen molar-refractivity contribution in [1.82, 2.24) is 13.7 Å². The number of fused-ring (bicyclic) bond motifs is 12. The lowest BCUT2D eigenvalue weighted by Gasteiger charge is -2.12. The normalized spacial score (nSPS) is 12.1. The molecule has 0 saturated carbocycles. The number of rotatable bonds is 4. The molecule has 0 fully saturated rings. The maximum Gasteiger partial charge on any atom is 0.159 e. The van der Waals surface area contributed by atoms with E-state index >= 15 is 0 Å². The molecule has 0 amide bonds. The van der Waals surface area contributed by atoms with Crippen LogP contribution in [0.25, 0.3) is 116 Å². The van der Waals surface area contributed by atoms with Crippen LogP contribution in [0.5, 0.6) is 0 Å². The summed E-state index contributed by atoms with van der Waals surface area (Å²) in [5.41, 5.74) is 14.5. The van der Waals surface area contributed by atoms with E-state index in [1.165, 1.54) is 71.1 Å². The van der Waals surface area contributed by atoms with Gasteiger partial charge in [-0.3, -0.25) is 0 Å². The molecule has 4 nitrogen and oxygen atoms in total. The second-order valence-corrected chi connectivity index (χ2v) is 15.2. The molecule has 13 rings (SSSR count). The zero-order valence-corrected chi connectivity index (χ0v) is 31.3. The molecule has 0 N–H and O–H groups in total. The Kier molecular flexibility index (Phi) is 6.41. The SMILES string of the molecule is c1ccc(-n2c3ccccc3c3c(-n4c5ccccc5c5cc(-c6cccc7oc8c(-n9c%10ccccc%10c%10ccccc%109)cccc8c67)ccc54)cccc32)cc1. The summed E-state index contributed by atoms with van der Waals surface area (Å²) in [6, 6.07) is 72.3. The standard InChI is InChI=1S/C54H33N3O/c1-2-15-35(16-3-1)55-46-26-11-7-20-40(46)53-48(55)27-14-28-49(53)56-45-25-10-6-19-39(45)42-33-34(31-32-47(42)56)36-21-13-30-51-52(36)41-22-12-29-50(54(41)58-51)57-43-23-8-4-17-37(43)38-18-5-9-24-44(38)57/h1-33H. The molecule has 4 aromatic heterocycles. The van der Waals surface area contributed by atoms with E-state index in [1.54, 1.807) is 0 Å². The first-order chi connectivity index (χ1) is 28.8. The smallest absolute Gasteiger partial charge is 0.159 e. The van der Waals surface area contributed by atoms with Gasteiger partial charge in [-0.15, -0.1) is 0 Å². The van der Waals surface area contributed by atoms with Crippen LogP contribution in [-0.4, -0.2) is 13.7 Å². The largest absolute Gasteiger partial charge is 0.454 e. The van der Waals surface area contributed by atoms with Gasteiger partial charge in [0.05, 0.1) is 44.5 Å².